The molecule has 1 amide bonds. The normalized spacial score (nSPS) is 10.5. The predicted octanol–water partition coefficient (Wildman–Crippen LogP) is 3.18. The minimum absolute atomic E-state index is 0.216. The molecule has 0 spiro atoms. The Morgan fingerprint density at radius 1 is 1.00 bits per heavy atom. The first-order chi connectivity index (χ1) is 13.9. The van der Waals surface area contributed by atoms with E-state index in [1.165, 1.54) is 18.7 Å². The summed E-state index contributed by atoms with van der Waals surface area (Å²) in [5.74, 6) is 0.681. The zero-order valence-electron chi connectivity index (χ0n) is 16.9. The second kappa shape index (κ2) is 8.60. The topological polar surface area (TPSA) is 82.5 Å². The fraction of sp³-hybridized carbons (Fsp3) is 0.227. The van der Waals surface area contributed by atoms with Crippen LogP contribution < -0.4 is 20.3 Å². The van der Waals surface area contributed by atoms with Crippen molar-refractivity contribution in [2.24, 2.45) is 0 Å². The molecule has 7 heteroatoms. The average molecular weight is 393 g/mol. The zero-order valence-corrected chi connectivity index (χ0v) is 16.9. The number of hydrogen-bond acceptors (Lipinski definition) is 5. The second-order valence-electron chi connectivity index (χ2n) is 6.63. The maximum atomic E-state index is 12.5. The van der Waals surface area contributed by atoms with Crippen molar-refractivity contribution >= 4 is 11.6 Å². The van der Waals surface area contributed by atoms with Gasteiger partial charge in [0.25, 0.3) is 5.56 Å². The molecule has 0 aliphatic heterocycles. The summed E-state index contributed by atoms with van der Waals surface area (Å²) in [6.07, 6.45) is 0. The predicted molar refractivity (Wildman–Crippen MR) is 112 cm³/mol. The molecule has 0 saturated heterocycles. The van der Waals surface area contributed by atoms with E-state index in [2.05, 4.69) is 10.4 Å². The molecule has 0 radical (unpaired) electrons. The lowest BCUT2D eigenvalue weighted by atomic mass is 10.0. The van der Waals surface area contributed by atoms with E-state index < -0.39 is 0 Å². The molecule has 0 aliphatic rings. The molecule has 1 heterocycles. The number of hydrogen-bond donors (Lipinski definition) is 1. The number of methoxy groups -OCH3 is 2. The number of ether oxygens (including phenoxy) is 2. The van der Waals surface area contributed by atoms with Crippen molar-refractivity contribution in [1.29, 1.82) is 0 Å². The van der Waals surface area contributed by atoms with Gasteiger partial charge in [0, 0.05) is 17.7 Å². The molecule has 1 aromatic heterocycles. The van der Waals surface area contributed by atoms with Crippen molar-refractivity contribution in [3.63, 3.8) is 0 Å². The molecule has 0 fully saturated rings. The Bertz CT molecular complexity index is 1110. The van der Waals surface area contributed by atoms with Crippen molar-refractivity contribution in [2.45, 2.75) is 20.4 Å². The van der Waals surface area contributed by atoms with Crippen LogP contribution >= 0.6 is 0 Å². The van der Waals surface area contributed by atoms with E-state index in [1.807, 2.05) is 32.0 Å². The van der Waals surface area contributed by atoms with Crippen LogP contribution in [0.3, 0.4) is 0 Å². The standard InChI is InChI=1S/C22H23N3O4/c1-14-5-6-16(11-15(14)2)18-9-10-22(27)25(24-18)13-21(26)23-19-8-7-17(28-3)12-20(19)29-4/h5-12H,13H2,1-4H3,(H,23,26). The smallest absolute Gasteiger partial charge is 0.267 e. The van der Waals surface area contributed by atoms with Gasteiger partial charge in [0.15, 0.2) is 0 Å². The van der Waals surface area contributed by atoms with Gasteiger partial charge in [0.2, 0.25) is 5.91 Å². The number of rotatable bonds is 6. The molecule has 0 aliphatic carbocycles. The molecule has 150 valence electrons. The molecule has 0 saturated carbocycles. The number of aromatic nitrogens is 2. The van der Waals surface area contributed by atoms with E-state index in [9.17, 15) is 9.59 Å². The molecular formula is C22H23N3O4. The number of carbonyl (C=O) groups excluding carboxylic acids is 1. The highest BCUT2D eigenvalue weighted by molar-refractivity contribution is 5.92. The zero-order chi connectivity index (χ0) is 21.0. The van der Waals surface area contributed by atoms with Crippen LogP contribution in [0.1, 0.15) is 11.1 Å². The number of amides is 1. The van der Waals surface area contributed by atoms with Gasteiger partial charge in [-0.3, -0.25) is 9.59 Å². The van der Waals surface area contributed by atoms with Gasteiger partial charge in [0.05, 0.1) is 25.6 Å². The van der Waals surface area contributed by atoms with Crippen molar-refractivity contribution < 1.29 is 14.3 Å². The van der Waals surface area contributed by atoms with Crippen LogP contribution in [-0.2, 0) is 11.3 Å². The largest absolute Gasteiger partial charge is 0.497 e. The Morgan fingerprint density at radius 3 is 2.48 bits per heavy atom. The van der Waals surface area contributed by atoms with Crippen LogP contribution in [0.15, 0.2) is 53.3 Å². The van der Waals surface area contributed by atoms with Crippen LogP contribution in [0.4, 0.5) is 5.69 Å². The molecule has 2 aromatic carbocycles. The molecule has 7 nitrogen and oxygen atoms in total. The second-order valence-corrected chi connectivity index (χ2v) is 6.63. The first-order valence-corrected chi connectivity index (χ1v) is 9.09. The van der Waals surface area contributed by atoms with E-state index >= 15 is 0 Å². The lowest BCUT2D eigenvalue weighted by Gasteiger charge is -2.12. The number of benzene rings is 2. The van der Waals surface area contributed by atoms with E-state index in [-0.39, 0.29) is 18.0 Å². The first kappa shape index (κ1) is 20.1. The third kappa shape index (κ3) is 4.63. The minimum Gasteiger partial charge on any atom is -0.497 e. The van der Waals surface area contributed by atoms with Crippen molar-refractivity contribution in [1.82, 2.24) is 9.78 Å². The lowest BCUT2D eigenvalue weighted by Crippen LogP contribution is -2.29. The van der Waals surface area contributed by atoms with Gasteiger partial charge in [0.1, 0.15) is 18.0 Å². The van der Waals surface area contributed by atoms with Crippen LogP contribution in [0.5, 0.6) is 11.5 Å². The van der Waals surface area contributed by atoms with Gasteiger partial charge in [-0.15, -0.1) is 0 Å². The molecule has 3 aromatic rings. The Hall–Kier alpha value is -3.61. The van der Waals surface area contributed by atoms with Gasteiger partial charge < -0.3 is 14.8 Å². The molecule has 0 atom stereocenters. The summed E-state index contributed by atoms with van der Waals surface area (Å²) < 4.78 is 11.6. The van der Waals surface area contributed by atoms with E-state index in [1.54, 1.807) is 31.4 Å². The van der Waals surface area contributed by atoms with Crippen LogP contribution in [0.2, 0.25) is 0 Å². The van der Waals surface area contributed by atoms with Gasteiger partial charge in [-0.05, 0) is 49.2 Å². The van der Waals surface area contributed by atoms with E-state index in [4.69, 9.17) is 9.47 Å². The number of anilines is 1. The third-order valence-corrected chi connectivity index (χ3v) is 4.65. The summed E-state index contributed by atoms with van der Waals surface area (Å²) in [7, 11) is 3.05. The first-order valence-electron chi connectivity index (χ1n) is 9.09. The van der Waals surface area contributed by atoms with Gasteiger partial charge in [-0.2, -0.15) is 5.10 Å². The number of aryl methyl sites for hydroxylation is 2. The van der Waals surface area contributed by atoms with E-state index in [0.29, 0.717) is 22.9 Å². The summed E-state index contributed by atoms with van der Waals surface area (Å²) >= 11 is 0. The van der Waals surface area contributed by atoms with E-state index in [0.717, 1.165) is 15.8 Å². The molecule has 1 N–H and O–H groups in total. The third-order valence-electron chi connectivity index (χ3n) is 4.65. The van der Waals surface area contributed by atoms with Crippen molar-refractivity contribution in [2.75, 3.05) is 19.5 Å². The van der Waals surface area contributed by atoms with Crippen LogP contribution in [0, 0.1) is 13.8 Å². The van der Waals surface area contributed by atoms with Gasteiger partial charge >= 0.3 is 0 Å². The molecule has 0 unspecified atom stereocenters. The lowest BCUT2D eigenvalue weighted by molar-refractivity contribution is -0.117. The molecule has 3 rings (SSSR count). The summed E-state index contributed by atoms with van der Waals surface area (Å²) in [4.78, 5) is 24.7. The van der Waals surface area contributed by atoms with Crippen LogP contribution in [0.25, 0.3) is 11.3 Å². The SMILES string of the molecule is COc1ccc(NC(=O)Cn2nc(-c3ccc(C)c(C)c3)ccc2=O)c(OC)c1. The summed E-state index contributed by atoms with van der Waals surface area (Å²) in [5.41, 5.74) is 3.95. The Kier molecular flexibility index (Phi) is 5.97. The fourth-order valence-corrected chi connectivity index (χ4v) is 2.84. The Labute approximate surface area is 168 Å². The minimum atomic E-state index is -0.389. The number of nitrogens with one attached hydrogen (secondary N) is 1. The summed E-state index contributed by atoms with van der Waals surface area (Å²) in [5, 5.41) is 7.10. The highest BCUT2D eigenvalue weighted by Gasteiger charge is 2.12. The highest BCUT2D eigenvalue weighted by atomic mass is 16.5. The molecule has 29 heavy (non-hydrogen) atoms. The van der Waals surface area contributed by atoms with Gasteiger partial charge in [-0.1, -0.05) is 12.1 Å². The monoisotopic (exact) mass is 393 g/mol. The van der Waals surface area contributed by atoms with Crippen LogP contribution in [-0.4, -0.2) is 29.9 Å². The number of carbonyl (C=O) groups is 1. The Morgan fingerprint density at radius 2 is 1.79 bits per heavy atom. The number of nitrogens with zero attached hydrogens (tertiary/aromatic N) is 2. The highest BCUT2D eigenvalue weighted by Crippen LogP contribution is 2.29. The Balaban J connectivity index is 1.82. The quantitative estimate of drug-likeness (QED) is 0.696. The average Bonchev–Trinajstić information content (AvgIpc) is 2.72. The molecular weight excluding hydrogens is 370 g/mol. The van der Waals surface area contributed by atoms with Gasteiger partial charge in [-0.25, -0.2) is 4.68 Å². The summed E-state index contributed by atoms with van der Waals surface area (Å²) in [6.45, 7) is 3.84. The fourth-order valence-electron chi connectivity index (χ4n) is 2.84. The van der Waals surface area contributed by atoms with Crippen molar-refractivity contribution in [3.05, 3.63) is 70.0 Å². The maximum Gasteiger partial charge on any atom is 0.267 e. The maximum absolute atomic E-state index is 12.5. The summed E-state index contributed by atoms with van der Waals surface area (Å²) in [6, 6.07) is 14.1. The molecule has 0 bridgehead atoms. The van der Waals surface area contributed by atoms with Crippen molar-refractivity contribution in [3.8, 4) is 22.8 Å².